The molecule has 84 valence electrons. The summed E-state index contributed by atoms with van der Waals surface area (Å²) in [6.45, 7) is 1.76. The molecule has 1 fully saturated rings. The van der Waals surface area contributed by atoms with Crippen molar-refractivity contribution in [3.63, 3.8) is 0 Å². The fraction of sp³-hybridized carbons (Fsp3) is 0.818. The standard InChI is InChI=1S/C11H17ClN2O/c1-9(8-13)14(11(15)7-12)10-5-3-2-4-6-10/h9-10H,2-7H2,1H3. The Morgan fingerprint density at radius 2 is 2.13 bits per heavy atom. The molecule has 0 N–H and O–H groups in total. The van der Waals surface area contributed by atoms with Gasteiger partial charge in [0, 0.05) is 6.04 Å². The Kier molecular flexibility index (Phi) is 4.90. The molecule has 3 nitrogen and oxygen atoms in total. The van der Waals surface area contributed by atoms with Gasteiger partial charge in [0.05, 0.1) is 6.07 Å². The SMILES string of the molecule is CC(C#N)N(C(=O)CCl)C1CCCCC1. The summed E-state index contributed by atoms with van der Waals surface area (Å²) >= 11 is 5.57. The van der Waals surface area contributed by atoms with Crippen LogP contribution in [0.15, 0.2) is 0 Å². The number of alkyl halides is 1. The number of amides is 1. The van der Waals surface area contributed by atoms with Crippen molar-refractivity contribution < 1.29 is 4.79 Å². The Bertz CT molecular complexity index is 256. The minimum Gasteiger partial charge on any atom is -0.323 e. The minimum absolute atomic E-state index is 0.0253. The number of rotatable bonds is 3. The molecule has 0 aliphatic heterocycles. The summed E-state index contributed by atoms with van der Waals surface area (Å²) in [4.78, 5) is 13.3. The molecule has 0 radical (unpaired) electrons. The zero-order chi connectivity index (χ0) is 11.3. The third-order valence-electron chi connectivity index (χ3n) is 2.97. The molecule has 1 atom stereocenters. The van der Waals surface area contributed by atoms with Gasteiger partial charge >= 0.3 is 0 Å². The Morgan fingerprint density at radius 1 is 1.53 bits per heavy atom. The van der Waals surface area contributed by atoms with Crippen molar-refractivity contribution in [1.29, 1.82) is 5.26 Å². The van der Waals surface area contributed by atoms with Crippen molar-refractivity contribution in [2.75, 3.05) is 5.88 Å². The summed E-state index contributed by atoms with van der Waals surface area (Å²) in [7, 11) is 0. The molecule has 1 amide bonds. The van der Waals surface area contributed by atoms with Crippen LogP contribution in [0.25, 0.3) is 0 Å². The molecule has 1 aliphatic carbocycles. The number of nitriles is 1. The highest BCUT2D eigenvalue weighted by molar-refractivity contribution is 6.27. The molecule has 0 bridgehead atoms. The van der Waals surface area contributed by atoms with E-state index in [1.54, 1.807) is 11.8 Å². The molecule has 1 rings (SSSR count). The lowest BCUT2D eigenvalue weighted by Crippen LogP contribution is -2.47. The highest BCUT2D eigenvalue weighted by Crippen LogP contribution is 2.24. The molecule has 0 heterocycles. The Morgan fingerprint density at radius 3 is 2.60 bits per heavy atom. The largest absolute Gasteiger partial charge is 0.323 e. The second-order valence-corrected chi connectivity index (χ2v) is 4.30. The number of hydrogen-bond donors (Lipinski definition) is 0. The first kappa shape index (κ1) is 12.3. The molecule has 1 saturated carbocycles. The van der Waals surface area contributed by atoms with Crippen LogP contribution in [0.4, 0.5) is 0 Å². The average Bonchev–Trinajstić information content (AvgIpc) is 2.30. The Hall–Kier alpha value is -0.750. The van der Waals surface area contributed by atoms with E-state index in [2.05, 4.69) is 6.07 Å². The van der Waals surface area contributed by atoms with E-state index in [-0.39, 0.29) is 23.9 Å². The van der Waals surface area contributed by atoms with Gasteiger partial charge in [0.25, 0.3) is 0 Å². The predicted octanol–water partition coefficient (Wildman–Crippen LogP) is 2.30. The van der Waals surface area contributed by atoms with E-state index in [0.29, 0.717) is 0 Å². The molecule has 0 aromatic carbocycles. The average molecular weight is 229 g/mol. The lowest BCUT2D eigenvalue weighted by Gasteiger charge is -2.35. The number of carbonyl (C=O) groups excluding carboxylic acids is 1. The Labute approximate surface area is 96.0 Å². The van der Waals surface area contributed by atoms with E-state index in [0.717, 1.165) is 25.7 Å². The highest BCUT2D eigenvalue weighted by Gasteiger charge is 2.28. The van der Waals surface area contributed by atoms with Crippen molar-refractivity contribution in [2.45, 2.75) is 51.1 Å². The van der Waals surface area contributed by atoms with Gasteiger partial charge in [-0.15, -0.1) is 11.6 Å². The van der Waals surface area contributed by atoms with E-state index >= 15 is 0 Å². The van der Waals surface area contributed by atoms with Crippen LogP contribution in [0.5, 0.6) is 0 Å². The van der Waals surface area contributed by atoms with Crippen LogP contribution in [0.2, 0.25) is 0 Å². The smallest absolute Gasteiger partial charge is 0.238 e. The lowest BCUT2D eigenvalue weighted by atomic mass is 9.93. The molecular formula is C11H17ClN2O. The molecule has 0 aromatic rings. The third-order valence-corrected chi connectivity index (χ3v) is 3.20. The summed E-state index contributed by atoms with van der Waals surface area (Å²) < 4.78 is 0. The predicted molar refractivity (Wildman–Crippen MR) is 59.5 cm³/mol. The second-order valence-electron chi connectivity index (χ2n) is 4.03. The van der Waals surface area contributed by atoms with Crippen LogP contribution in [0.3, 0.4) is 0 Å². The molecule has 0 spiro atoms. The summed E-state index contributed by atoms with van der Waals surface area (Å²) in [5, 5.41) is 8.89. The second kappa shape index (κ2) is 5.97. The van der Waals surface area contributed by atoms with E-state index in [4.69, 9.17) is 16.9 Å². The van der Waals surface area contributed by atoms with Crippen LogP contribution < -0.4 is 0 Å². The fourth-order valence-electron chi connectivity index (χ4n) is 2.23. The molecule has 1 aliphatic rings. The van der Waals surface area contributed by atoms with E-state index < -0.39 is 0 Å². The first-order valence-corrected chi connectivity index (χ1v) is 6.01. The van der Waals surface area contributed by atoms with Gasteiger partial charge in [-0.3, -0.25) is 4.79 Å². The summed E-state index contributed by atoms with van der Waals surface area (Å²) in [5.41, 5.74) is 0. The highest BCUT2D eigenvalue weighted by atomic mass is 35.5. The van der Waals surface area contributed by atoms with Crippen molar-refractivity contribution in [3.8, 4) is 6.07 Å². The normalized spacial score (nSPS) is 19.3. The molecule has 4 heteroatoms. The van der Waals surface area contributed by atoms with Gasteiger partial charge in [-0.25, -0.2) is 0 Å². The number of hydrogen-bond acceptors (Lipinski definition) is 2. The zero-order valence-electron chi connectivity index (χ0n) is 9.08. The van der Waals surface area contributed by atoms with E-state index in [9.17, 15) is 4.79 Å². The maximum atomic E-state index is 11.7. The van der Waals surface area contributed by atoms with Crippen LogP contribution >= 0.6 is 11.6 Å². The first-order valence-electron chi connectivity index (χ1n) is 5.47. The van der Waals surface area contributed by atoms with E-state index in [1.165, 1.54) is 6.42 Å². The number of nitrogens with zero attached hydrogens (tertiary/aromatic N) is 2. The monoisotopic (exact) mass is 228 g/mol. The summed E-state index contributed by atoms with van der Waals surface area (Å²) in [6.07, 6.45) is 5.55. The summed E-state index contributed by atoms with van der Waals surface area (Å²) in [5.74, 6) is -0.139. The third kappa shape index (κ3) is 3.10. The van der Waals surface area contributed by atoms with Gasteiger partial charge in [0.1, 0.15) is 11.9 Å². The van der Waals surface area contributed by atoms with Gasteiger partial charge < -0.3 is 4.90 Å². The van der Waals surface area contributed by atoms with Crippen LogP contribution in [-0.2, 0) is 4.79 Å². The van der Waals surface area contributed by atoms with E-state index in [1.807, 2.05) is 0 Å². The van der Waals surface area contributed by atoms with Crippen LogP contribution in [0, 0.1) is 11.3 Å². The first-order chi connectivity index (χ1) is 7.20. The maximum Gasteiger partial charge on any atom is 0.238 e. The maximum absolute atomic E-state index is 11.7. The van der Waals surface area contributed by atoms with Crippen molar-refractivity contribution >= 4 is 17.5 Å². The molecule has 0 saturated heterocycles. The topological polar surface area (TPSA) is 44.1 Å². The van der Waals surface area contributed by atoms with Crippen molar-refractivity contribution in [3.05, 3.63) is 0 Å². The van der Waals surface area contributed by atoms with Gasteiger partial charge in [-0.05, 0) is 19.8 Å². The molecular weight excluding hydrogens is 212 g/mol. The quantitative estimate of drug-likeness (QED) is 0.696. The molecule has 1 unspecified atom stereocenters. The molecule has 0 aromatic heterocycles. The Balaban J connectivity index is 2.70. The van der Waals surface area contributed by atoms with Gasteiger partial charge in [0.2, 0.25) is 5.91 Å². The van der Waals surface area contributed by atoms with Crippen LogP contribution in [0.1, 0.15) is 39.0 Å². The minimum atomic E-state index is -0.362. The van der Waals surface area contributed by atoms with Crippen molar-refractivity contribution in [2.24, 2.45) is 0 Å². The van der Waals surface area contributed by atoms with Gasteiger partial charge in [-0.1, -0.05) is 19.3 Å². The molecule has 15 heavy (non-hydrogen) atoms. The number of carbonyl (C=O) groups is 1. The van der Waals surface area contributed by atoms with Crippen LogP contribution in [-0.4, -0.2) is 28.8 Å². The van der Waals surface area contributed by atoms with Crippen molar-refractivity contribution in [1.82, 2.24) is 4.90 Å². The fourth-order valence-corrected chi connectivity index (χ4v) is 2.36. The summed E-state index contributed by atoms with van der Waals surface area (Å²) in [6, 6.07) is 1.98. The lowest BCUT2D eigenvalue weighted by molar-refractivity contribution is -0.132. The van der Waals surface area contributed by atoms with Gasteiger partial charge in [0.15, 0.2) is 0 Å². The van der Waals surface area contributed by atoms with Gasteiger partial charge in [-0.2, -0.15) is 5.26 Å². The zero-order valence-corrected chi connectivity index (χ0v) is 9.83. The number of halogens is 1.